The molecule has 0 aromatic carbocycles. The summed E-state index contributed by atoms with van der Waals surface area (Å²) in [5, 5.41) is 110. The van der Waals surface area contributed by atoms with E-state index in [0.29, 0.717) is 26.2 Å². The molecule has 0 fully saturated rings. The van der Waals surface area contributed by atoms with Crippen molar-refractivity contribution in [2.24, 2.45) is 0 Å². The molecule has 0 saturated heterocycles. The van der Waals surface area contributed by atoms with Crippen LogP contribution in [0.4, 0.5) is 0 Å². The van der Waals surface area contributed by atoms with E-state index in [4.69, 9.17) is 71.8 Å². The Morgan fingerprint density at radius 2 is 0.468 bits per heavy atom. The van der Waals surface area contributed by atoms with E-state index in [1.807, 2.05) is 76.0 Å². The molecule has 0 unspecified atom stereocenters. The van der Waals surface area contributed by atoms with Crippen molar-refractivity contribution in [2.45, 2.75) is 0 Å². The quantitative estimate of drug-likeness (QED) is 0.0992. The van der Waals surface area contributed by atoms with E-state index in [1.54, 1.807) is 0 Å². The summed E-state index contributed by atoms with van der Waals surface area (Å²) in [6.07, 6.45) is 0. The van der Waals surface area contributed by atoms with Gasteiger partial charge in [-0.05, 0) is 82.6 Å². The van der Waals surface area contributed by atoms with Crippen LogP contribution < -0.4 is 20.4 Å². The van der Waals surface area contributed by atoms with Crippen molar-refractivity contribution in [3.63, 3.8) is 0 Å². The normalized spacial score (nSPS) is 7.28. The first-order valence-electron chi connectivity index (χ1n) is 10.4. The smallest absolute Gasteiger partial charge is 0.854 e. The van der Waals surface area contributed by atoms with Gasteiger partial charge >= 0.3 is 90.7 Å². The molecule has 0 bridgehead atoms. The minimum absolute atomic E-state index is 0. The van der Waals surface area contributed by atoms with Crippen molar-refractivity contribution >= 4 is 0 Å². The Kier molecular flexibility index (Phi) is 176. The van der Waals surface area contributed by atoms with Crippen LogP contribution in [0.25, 0.3) is 0 Å². The van der Waals surface area contributed by atoms with Crippen LogP contribution in [0, 0.1) is 61.3 Å². The summed E-state index contributed by atoms with van der Waals surface area (Å²) in [7, 11) is 15.1. The first kappa shape index (κ1) is 91.0. The molecule has 0 aliphatic rings. The molecule has 0 aliphatic carbocycles. The average Bonchev–Trinajstić information content (AvgIpc) is 2.74. The van der Waals surface area contributed by atoms with Crippen LogP contribution in [-0.2, 0) is 90.7 Å². The minimum atomic E-state index is -1.75. The van der Waals surface area contributed by atoms with Gasteiger partial charge in [-0.2, -0.15) is 0 Å². The maximum Gasteiger partial charge on any atom is 2.00 e. The van der Waals surface area contributed by atoms with Crippen LogP contribution >= 0.6 is 0 Å². The largest absolute Gasteiger partial charge is 2.00 e. The molecule has 47 heavy (non-hydrogen) atoms. The third-order valence-electron chi connectivity index (χ3n) is 2.15. The fraction of sp³-hybridized carbons (Fsp3) is 1.00. The van der Waals surface area contributed by atoms with Gasteiger partial charge in [-0.25, -0.2) is 0 Å². The second-order valence-electron chi connectivity index (χ2n) is 6.92. The molecule has 26 nitrogen and oxygen atoms in total. The Balaban J connectivity index is -0.0000000217. The van der Waals surface area contributed by atoms with E-state index in [0.717, 1.165) is 0 Å². The molecule has 3 radical (unpaired) electrons. The molecule has 0 rings (SSSR count). The van der Waals surface area contributed by atoms with Gasteiger partial charge in [0.25, 0.3) is 0 Å². The van der Waals surface area contributed by atoms with Crippen molar-refractivity contribution < 1.29 is 142 Å². The third kappa shape index (κ3) is 671. The fourth-order valence-electron chi connectivity index (χ4n) is 0.730. The standard InChI is InChI=1S/4C4H10NO.Ag.4Cu.4NO3.H2O2/c4*1-5(2)3-4-6;;;;;;4*2-1(3)4;1-2/h4*3-4H2,1-2H3;;;;;;;;;;1-2H/q4*-1;2*+1;3*+2;4*-1;. The maximum atomic E-state index is 9.70. The summed E-state index contributed by atoms with van der Waals surface area (Å²) >= 11 is 0. The van der Waals surface area contributed by atoms with Crippen LogP contribution in [-0.4, -0.2) is 159 Å². The minimum Gasteiger partial charge on any atom is -0.854 e. The molecule has 0 aromatic rings. The molecule has 2 N–H and O–H groups in total. The summed E-state index contributed by atoms with van der Waals surface area (Å²) in [6, 6.07) is 0. The van der Waals surface area contributed by atoms with Crippen LogP contribution in [0.2, 0.25) is 0 Å². The monoisotopic (exact) mass is 993 g/mol. The second-order valence-corrected chi connectivity index (χ2v) is 6.92. The zero-order valence-electron chi connectivity index (χ0n) is 26.2. The number of nitrogens with zero attached hydrogens (tertiary/aromatic N) is 8. The SMILES string of the molecule is CN(C)CC[O-].CN(C)CC[O-].CN(C)CC[O-].CN(C)CC[O-].O=[N+]([O-])[O-].O=[N+]([O-])[O-].O=[N+]([O-])[O-].O=[N+]([O-])[O-].OO.[Ag+].[Cu+2].[Cu+2].[Cu+2].[Cu+]. The molecule has 31 heteroatoms. The van der Waals surface area contributed by atoms with Crippen molar-refractivity contribution in [1.82, 2.24) is 19.6 Å². The van der Waals surface area contributed by atoms with E-state index in [-0.39, 0.29) is 117 Å². The van der Waals surface area contributed by atoms with Gasteiger partial charge in [0.15, 0.2) is 0 Å². The second kappa shape index (κ2) is 90.7. The Bertz CT molecular complexity index is 442. The molecule has 0 spiro atoms. The Hall–Kier alpha value is -0.782. The van der Waals surface area contributed by atoms with Crippen LogP contribution in [0.3, 0.4) is 0 Å². The van der Waals surface area contributed by atoms with Gasteiger partial charge in [0.05, 0.1) is 20.3 Å². The first-order valence-corrected chi connectivity index (χ1v) is 10.4. The molecule has 0 saturated carbocycles. The van der Waals surface area contributed by atoms with E-state index in [2.05, 4.69) is 0 Å². The van der Waals surface area contributed by atoms with Crippen LogP contribution in [0.1, 0.15) is 0 Å². The summed E-state index contributed by atoms with van der Waals surface area (Å²) in [5.74, 6) is 0. The Morgan fingerprint density at radius 3 is 0.468 bits per heavy atom. The van der Waals surface area contributed by atoms with E-state index in [1.165, 1.54) is 0 Å². The number of rotatable bonds is 8. The molecule has 0 atom stereocenters. The summed E-state index contributed by atoms with van der Waals surface area (Å²) in [4.78, 5) is 40.5. The van der Waals surface area contributed by atoms with Gasteiger partial charge in [0, 0.05) is 0 Å². The fourth-order valence-corrected chi connectivity index (χ4v) is 0.730. The summed E-state index contributed by atoms with van der Waals surface area (Å²) in [5.41, 5.74) is 0. The first-order chi connectivity index (χ1) is 19.0. The predicted octanol–water partition coefficient (Wildman–Crippen LogP) is -5.32. The van der Waals surface area contributed by atoms with Gasteiger partial charge in [-0.3, -0.25) is 10.5 Å². The van der Waals surface area contributed by atoms with E-state index >= 15 is 0 Å². The zero-order valence-corrected chi connectivity index (χ0v) is 31.4. The van der Waals surface area contributed by atoms with Gasteiger partial charge in [0.2, 0.25) is 0 Å². The van der Waals surface area contributed by atoms with Gasteiger partial charge < -0.3 is 101 Å². The molecule has 0 amide bonds. The van der Waals surface area contributed by atoms with Crippen molar-refractivity contribution in [1.29, 1.82) is 0 Å². The average molecular weight is 997 g/mol. The molecule has 0 heterocycles. The molecule has 0 aliphatic heterocycles. The van der Waals surface area contributed by atoms with Crippen molar-refractivity contribution in [2.75, 3.05) is 109 Å². The Labute approximate surface area is 330 Å². The third-order valence-corrected chi connectivity index (χ3v) is 2.15. The van der Waals surface area contributed by atoms with Crippen LogP contribution in [0.5, 0.6) is 0 Å². The molecular weight excluding hydrogens is 954 g/mol. The van der Waals surface area contributed by atoms with E-state index < -0.39 is 20.3 Å². The number of likely N-dealkylation sites (N-methyl/N-ethyl adjacent to an activating group) is 4. The summed E-state index contributed by atoms with van der Waals surface area (Å²) in [6.45, 7) is 2.64. The number of hydrogen-bond donors (Lipinski definition) is 2. The van der Waals surface area contributed by atoms with Crippen molar-refractivity contribution in [3.8, 4) is 0 Å². The van der Waals surface area contributed by atoms with Crippen molar-refractivity contribution in [3.05, 3.63) is 61.3 Å². The predicted molar refractivity (Wildman–Crippen MR) is 140 cm³/mol. The Morgan fingerprint density at radius 1 is 0.404 bits per heavy atom. The van der Waals surface area contributed by atoms with E-state index in [9.17, 15) is 20.4 Å². The van der Waals surface area contributed by atoms with Gasteiger partial charge in [0.1, 0.15) is 0 Å². The topological polar surface area (TPSA) is 410 Å². The molecule has 0 aromatic heterocycles. The summed E-state index contributed by atoms with van der Waals surface area (Å²) < 4.78 is 0. The number of hydrogen-bond acceptors (Lipinski definition) is 22. The zero-order chi connectivity index (χ0) is 36.3. The van der Waals surface area contributed by atoms with Gasteiger partial charge in [-0.15, -0.1) is 26.4 Å². The van der Waals surface area contributed by atoms with Crippen LogP contribution in [0.15, 0.2) is 0 Å². The molecule has 309 valence electrons. The molecular formula is C16H42AgCu4N8O18. The van der Waals surface area contributed by atoms with Gasteiger partial charge in [-0.1, -0.05) is 0 Å². The maximum absolute atomic E-state index is 9.70.